The zero-order valence-electron chi connectivity index (χ0n) is 25.6. The van der Waals surface area contributed by atoms with Gasteiger partial charge in [0.05, 0.1) is 10.9 Å². The van der Waals surface area contributed by atoms with Gasteiger partial charge < -0.3 is 10.5 Å². The highest BCUT2D eigenvalue weighted by molar-refractivity contribution is 8.00. The number of para-hydroxylation sites is 1. The minimum Gasteiger partial charge on any atom is -0.476 e. The number of tetrazole rings is 1. The van der Waals surface area contributed by atoms with Crippen LogP contribution in [0.25, 0.3) is 5.69 Å². The van der Waals surface area contributed by atoms with Crippen LogP contribution in [0.3, 0.4) is 0 Å². The number of hydrogen-bond donors (Lipinski definition) is 1. The Morgan fingerprint density at radius 2 is 1.74 bits per heavy atom. The first kappa shape index (κ1) is 30.5. The van der Waals surface area contributed by atoms with Crippen molar-refractivity contribution in [2.24, 2.45) is 5.73 Å². The molecule has 0 spiro atoms. The Bertz CT molecular complexity index is 1650. The minimum absolute atomic E-state index is 0.00620. The summed E-state index contributed by atoms with van der Waals surface area (Å²) in [6, 6.07) is 21.2. The topological polar surface area (TPSA) is 113 Å². The molecule has 43 heavy (non-hydrogen) atoms. The SMILES string of the molecule is CCC(C)(C)c1ccc(OC(C(N)=O)c2cccc3c2CC(Sc2nnnn2-c2ccccc2)C3=O)c(C(C)(C)CC)c1. The lowest BCUT2D eigenvalue weighted by molar-refractivity contribution is -0.125. The molecular weight excluding hydrogens is 558 g/mol. The van der Waals surface area contributed by atoms with Gasteiger partial charge in [-0.15, -0.1) is 5.10 Å². The molecule has 1 aliphatic carbocycles. The third-order valence-corrected chi connectivity index (χ3v) is 10.0. The predicted octanol–water partition coefficient (Wildman–Crippen LogP) is 6.54. The van der Waals surface area contributed by atoms with Crippen molar-refractivity contribution < 1.29 is 14.3 Å². The Balaban J connectivity index is 1.48. The molecule has 4 aromatic rings. The zero-order valence-corrected chi connectivity index (χ0v) is 26.4. The molecule has 1 heterocycles. The fourth-order valence-electron chi connectivity index (χ4n) is 5.35. The van der Waals surface area contributed by atoms with E-state index in [4.69, 9.17) is 10.5 Å². The summed E-state index contributed by atoms with van der Waals surface area (Å²) < 4.78 is 8.15. The first-order valence-corrected chi connectivity index (χ1v) is 15.6. The Hall–Kier alpha value is -3.98. The normalized spacial score (nSPS) is 15.8. The number of amides is 1. The van der Waals surface area contributed by atoms with Crippen molar-refractivity contribution in [2.45, 2.75) is 88.1 Å². The third kappa shape index (κ3) is 5.95. The number of aromatic nitrogens is 4. The van der Waals surface area contributed by atoms with Gasteiger partial charge >= 0.3 is 0 Å². The number of thioether (sulfide) groups is 1. The molecule has 224 valence electrons. The number of fused-ring (bicyclic) bond motifs is 1. The molecule has 0 aliphatic heterocycles. The van der Waals surface area contributed by atoms with E-state index in [0.29, 0.717) is 28.5 Å². The number of ether oxygens (including phenoxy) is 1. The molecule has 2 atom stereocenters. The predicted molar refractivity (Wildman–Crippen MR) is 169 cm³/mol. The first-order valence-electron chi connectivity index (χ1n) is 14.7. The highest BCUT2D eigenvalue weighted by Crippen LogP contribution is 2.42. The van der Waals surface area contributed by atoms with Crippen molar-refractivity contribution >= 4 is 23.5 Å². The molecule has 1 aromatic heterocycles. The number of carbonyl (C=O) groups excluding carboxylic acids is 2. The van der Waals surface area contributed by atoms with Crippen LogP contribution in [-0.4, -0.2) is 37.1 Å². The van der Waals surface area contributed by atoms with Gasteiger partial charge in [-0.05, 0) is 69.8 Å². The number of rotatable bonds is 11. The van der Waals surface area contributed by atoms with Crippen LogP contribution in [0.4, 0.5) is 0 Å². The fraction of sp³-hybridized carbons (Fsp3) is 0.382. The average Bonchev–Trinajstić information content (AvgIpc) is 3.60. The molecule has 0 radical (unpaired) electrons. The van der Waals surface area contributed by atoms with E-state index in [2.05, 4.69) is 69.2 Å². The quantitative estimate of drug-likeness (QED) is 0.209. The molecule has 0 bridgehead atoms. The molecule has 3 aromatic carbocycles. The minimum atomic E-state index is -1.06. The zero-order chi connectivity index (χ0) is 30.9. The number of nitrogens with two attached hydrogens (primary N) is 1. The van der Waals surface area contributed by atoms with Gasteiger partial charge in [-0.25, -0.2) is 0 Å². The summed E-state index contributed by atoms with van der Waals surface area (Å²) in [7, 11) is 0. The smallest absolute Gasteiger partial charge is 0.263 e. The van der Waals surface area contributed by atoms with Crippen LogP contribution in [0.1, 0.15) is 93.1 Å². The summed E-state index contributed by atoms with van der Waals surface area (Å²) in [6.07, 6.45) is 1.22. The van der Waals surface area contributed by atoms with Crippen LogP contribution in [-0.2, 0) is 22.0 Å². The number of hydrogen-bond acceptors (Lipinski definition) is 7. The number of ketones is 1. The van der Waals surface area contributed by atoms with Gasteiger partial charge in [0.25, 0.3) is 5.91 Å². The number of nitrogens with zero attached hydrogens (tertiary/aromatic N) is 4. The molecule has 8 nitrogen and oxygen atoms in total. The molecule has 2 N–H and O–H groups in total. The van der Waals surface area contributed by atoms with Gasteiger partial charge in [-0.3, -0.25) is 9.59 Å². The van der Waals surface area contributed by atoms with Crippen LogP contribution in [0.5, 0.6) is 5.75 Å². The lowest BCUT2D eigenvalue weighted by atomic mass is 9.76. The molecule has 0 fully saturated rings. The molecule has 5 rings (SSSR count). The Kier molecular flexibility index (Phi) is 8.47. The summed E-state index contributed by atoms with van der Waals surface area (Å²) >= 11 is 1.31. The van der Waals surface area contributed by atoms with E-state index in [1.807, 2.05) is 42.5 Å². The van der Waals surface area contributed by atoms with E-state index in [1.165, 1.54) is 17.3 Å². The van der Waals surface area contributed by atoms with Crippen LogP contribution >= 0.6 is 11.8 Å². The number of benzene rings is 3. The van der Waals surface area contributed by atoms with Gasteiger partial charge in [-0.1, -0.05) is 102 Å². The van der Waals surface area contributed by atoms with E-state index < -0.39 is 17.3 Å². The van der Waals surface area contributed by atoms with E-state index in [-0.39, 0.29) is 16.6 Å². The maximum atomic E-state index is 13.6. The van der Waals surface area contributed by atoms with Crippen molar-refractivity contribution in [2.75, 3.05) is 0 Å². The molecular formula is C34H39N5O3S. The van der Waals surface area contributed by atoms with E-state index in [0.717, 1.165) is 29.7 Å². The fourth-order valence-corrected chi connectivity index (χ4v) is 6.41. The molecule has 1 aliphatic rings. The number of Topliss-reactive ketones (excluding diaryl/α,β-unsaturated/α-hetero) is 1. The number of primary amides is 1. The van der Waals surface area contributed by atoms with Crippen molar-refractivity contribution in [1.82, 2.24) is 20.2 Å². The lowest BCUT2D eigenvalue weighted by Gasteiger charge is -2.31. The Morgan fingerprint density at radius 3 is 2.42 bits per heavy atom. The molecule has 1 amide bonds. The second-order valence-electron chi connectivity index (χ2n) is 12.3. The number of carbonyl (C=O) groups is 2. The van der Waals surface area contributed by atoms with Crippen LogP contribution in [0, 0.1) is 0 Å². The maximum absolute atomic E-state index is 13.6. The van der Waals surface area contributed by atoms with Crippen LogP contribution in [0.2, 0.25) is 0 Å². The second-order valence-corrected chi connectivity index (χ2v) is 13.5. The highest BCUT2D eigenvalue weighted by atomic mass is 32.2. The summed E-state index contributed by atoms with van der Waals surface area (Å²) in [6.45, 7) is 13.2. The van der Waals surface area contributed by atoms with Gasteiger partial charge in [0, 0.05) is 16.7 Å². The van der Waals surface area contributed by atoms with Crippen molar-refractivity contribution in [1.29, 1.82) is 0 Å². The Morgan fingerprint density at radius 1 is 1.02 bits per heavy atom. The van der Waals surface area contributed by atoms with Crippen molar-refractivity contribution in [3.8, 4) is 11.4 Å². The largest absolute Gasteiger partial charge is 0.476 e. The molecule has 9 heteroatoms. The second kappa shape index (κ2) is 12.0. The monoisotopic (exact) mass is 597 g/mol. The third-order valence-electron chi connectivity index (χ3n) is 8.89. The standard InChI is InChI=1S/C34H39N5O3S/c1-7-33(3,4)21-17-18-27(26(19-21)34(5,6)8-2)42-30(31(35)41)24-16-12-15-23-25(24)20-28(29(23)40)43-32-36-37-38-39(32)22-13-10-9-11-14-22/h9-19,28,30H,7-8,20H2,1-6H3,(H2,35,41). The van der Waals surface area contributed by atoms with Crippen LogP contribution in [0.15, 0.2) is 71.9 Å². The van der Waals surface area contributed by atoms with Gasteiger partial charge in [0.15, 0.2) is 5.78 Å². The summed E-state index contributed by atoms with van der Waals surface area (Å²) in [4.78, 5) is 26.6. The van der Waals surface area contributed by atoms with Crippen molar-refractivity contribution in [3.05, 3.63) is 94.5 Å². The lowest BCUT2D eigenvalue weighted by Crippen LogP contribution is -2.29. The Labute approximate surface area is 257 Å². The summed E-state index contributed by atoms with van der Waals surface area (Å²) in [5.41, 5.74) is 10.8. The molecule has 0 saturated heterocycles. The van der Waals surface area contributed by atoms with Gasteiger partial charge in [0.2, 0.25) is 11.3 Å². The highest BCUT2D eigenvalue weighted by Gasteiger charge is 2.38. The maximum Gasteiger partial charge on any atom is 0.263 e. The van der Waals surface area contributed by atoms with Crippen LogP contribution < -0.4 is 10.5 Å². The molecule has 2 unspecified atom stereocenters. The molecule has 0 saturated carbocycles. The van der Waals surface area contributed by atoms with E-state index in [9.17, 15) is 9.59 Å². The van der Waals surface area contributed by atoms with E-state index >= 15 is 0 Å². The van der Waals surface area contributed by atoms with Gasteiger partial charge in [-0.2, -0.15) is 4.68 Å². The average molecular weight is 598 g/mol. The van der Waals surface area contributed by atoms with Crippen molar-refractivity contribution in [3.63, 3.8) is 0 Å². The first-order chi connectivity index (χ1) is 20.5. The van der Waals surface area contributed by atoms with E-state index in [1.54, 1.807) is 16.8 Å². The summed E-state index contributed by atoms with van der Waals surface area (Å²) in [5.74, 6) is -0.0176. The van der Waals surface area contributed by atoms with Gasteiger partial charge in [0.1, 0.15) is 5.75 Å². The summed E-state index contributed by atoms with van der Waals surface area (Å²) in [5, 5.41) is 12.2.